The molecule has 0 aromatic carbocycles. The molecule has 7 atom stereocenters. The average molecular weight is 845 g/mol. The van der Waals surface area contributed by atoms with E-state index in [9.17, 15) is 63.3 Å². The molecule has 1 aliphatic rings. The smallest absolute Gasteiger partial charge is 0.327 e. The summed E-state index contributed by atoms with van der Waals surface area (Å²) in [5.74, 6) is -11.8. The molecule has 1 rings (SSSR count). The van der Waals surface area contributed by atoms with Crippen LogP contribution in [0.5, 0.6) is 0 Å². The minimum absolute atomic E-state index is 0.000302. The van der Waals surface area contributed by atoms with Gasteiger partial charge in [-0.3, -0.25) is 43.2 Å². The van der Waals surface area contributed by atoms with Crippen LogP contribution in [0.25, 0.3) is 0 Å². The van der Waals surface area contributed by atoms with Crippen molar-refractivity contribution >= 4 is 71.9 Å². The van der Waals surface area contributed by atoms with Crippen LogP contribution in [0.15, 0.2) is 0 Å². The fourth-order valence-corrected chi connectivity index (χ4v) is 6.57. The zero-order valence-corrected chi connectivity index (χ0v) is 34.3. The van der Waals surface area contributed by atoms with Gasteiger partial charge in [-0.1, -0.05) is 66.2 Å². The van der Waals surface area contributed by atoms with E-state index < -0.39 is 134 Å². The maximum Gasteiger partial charge on any atom is 0.327 e. The molecule has 0 bridgehead atoms. The summed E-state index contributed by atoms with van der Waals surface area (Å²) in [4.78, 5) is 126. The summed E-state index contributed by atoms with van der Waals surface area (Å²) >= 11 is 4.01. The minimum Gasteiger partial charge on any atom is -0.481 e. The molecule has 6 amide bonds. The van der Waals surface area contributed by atoms with Crippen molar-refractivity contribution in [1.82, 2.24) is 31.9 Å². The summed E-state index contributed by atoms with van der Waals surface area (Å²) in [6, 6.07) is -8.48. The predicted molar refractivity (Wildman–Crippen MR) is 209 cm³/mol. The van der Waals surface area contributed by atoms with E-state index in [1.165, 1.54) is 0 Å². The van der Waals surface area contributed by atoms with E-state index in [1.54, 1.807) is 27.7 Å². The van der Waals surface area contributed by atoms with E-state index in [1.807, 2.05) is 0 Å². The summed E-state index contributed by atoms with van der Waals surface area (Å²) in [5, 5.41) is 51.7. The van der Waals surface area contributed by atoms with Crippen molar-refractivity contribution in [2.75, 3.05) is 5.75 Å². The van der Waals surface area contributed by atoms with Gasteiger partial charge in [0.15, 0.2) is 0 Å². The molecular formula is C37H60N6O14S. The lowest BCUT2D eigenvalue weighted by Gasteiger charge is -2.31. The first-order valence-electron chi connectivity index (χ1n) is 19.5. The highest BCUT2D eigenvalue weighted by Gasteiger charge is 2.36. The van der Waals surface area contributed by atoms with Crippen LogP contribution in [0.2, 0.25) is 0 Å². The molecule has 0 spiro atoms. The number of thiol groups is 1. The van der Waals surface area contributed by atoms with Crippen molar-refractivity contribution in [3.8, 4) is 0 Å². The molecule has 1 aliphatic carbocycles. The van der Waals surface area contributed by atoms with Gasteiger partial charge in [0, 0.05) is 18.6 Å². The first-order valence-corrected chi connectivity index (χ1v) is 20.1. The molecule has 20 nitrogen and oxygen atoms in total. The lowest BCUT2D eigenvalue weighted by atomic mass is 9.84. The third-order valence-electron chi connectivity index (χ3n) is 9.73. The maximum atomic E-state index is 13.9. The third-order valence-corrected chi connectivity index (χ3v) is 10.1. The van der Waals surface area contributed by atoms with Crippen molar-refractivity contribution in [2.45, 2.75) is 147 Å². The van der Waals surface area contributed by atoms with Crippen LogP contribution in [-0.4, -0.2) is 122 Å². The second-order valence-electron chi connectivity index (χ2n) is 15.1. The zero-order chi connectivity index (χ0) is 44.1. The summed E-state index contributed by atoms with van der Waals surface area (Å²) in [6.07, 6.45) is 1.80. The molecular weight excluding hydrogens is 785 g/mol. The van der Waals surface area contributed by atoms with Gasteiger partial charge in [0.1, 0.15) is 36.3 Å². The number of carbonyl (C=O) groups excluding carboxylic acids is 6. The molecule has 10 N–H and O–H groups in total. The Balaban J connectivity index is 3.36. The standard InChI is InChI=1S/C37H60N6O14S/c1-5-20(4)31(36(55)41-24(16-21-9-7-6-8-10-21)33(52)42-26(18-58)37(56)57)43-35(54)23(15-19(2)3)40-32(51)22(11-13-28(45)46)39-34(53)25(17-30(49)50)38-27(44)12-14-29(47)48/h19-26,31,58H,5-18H2,1-4H3,(H,38,44)(H,39,53)(H,40,51)(H,41,55)(H,42,52)(H,43,54)(H,45,46)(H,47,48)(H,49,50)(H,56,57)/t20-,22+,23-,24-,25-,26-,31-/m0/s1. The SMILES string of the molecule is CC[C@H](C)[C@H](NC(=O)[C@H](CC(C)C)NC(=O)[C@@H](CCC(=O)O)NC(=O)[C@H](CC(=O)O)NC(=O)CCC(=O)O)C(=O)N[C@@H](CC1CCCCC1)C(=O)N[C@@H](CS)C(=O)O. The lowest BCUT2D eigenvalue weighted by molar-refractivity contribution is -0.142. The summed E-state index contributed by atoms with van der Waals surface area (Å²) < 4.78 is 0. The highest BCUT2D eigenvalue weighted by atomic mass is 32.1. The van der Waals surface area contributed by atoms with Gasteiger partial charge in [-0.15, -0.1) is 0 Å². The fraction of sp³-hybridized carbons (Fsp3) is 0.730. The molecule has 0 aromatic rings. The molecule has 0 radical (unpaired) electrons. The van der Waals surface area contributed by atoms with Crippen molar-refractivity contribution in [3.05, 3.63) is 0 Å². The Labute approximate surface area is 342 Å². The Bertz CT molecular complexity index is 1470. The van der Waals surface area contributed by atoms with Crippen LogP contribution in [0, 0.1) is 17.8 Å². The molecule has 58 heavy (non-hydrogen) atoms. The Morgan fingerprint density at radius 1 is 0.586 bits per heavy atom. The summed E-state index contributed by atoms with van der Waals surface area (Å²) in [5.41, 5.74) is 0. The van der Waals surface area contributed by atoms with E-state index in [0.717, 1.165) is 32.1 Å². The number of carbonyl (C=O) groups is 10. The fourth-order valence-electron chi connectivity index (χ4n) is 6.32. The van der Waals surface area contributed by atoms with Crippen molar-refractivity contribution in [3.63, 3.8) is 0 Å². The van der Waals surface area contributed by atoms with E-state index in [2.05, 4.69) is 44.5 Å². The number of carboxylic acid groups (broad SMARTS) is 4. The summed E-state index contributed by atoms with van der Waals surface area (Å²) in [7, 11) is 0. The number of amides is 6. The van der Waals surface area contributed by atoms with E-state index in [4.69, 9.17) is 5.11 Å². The number of nitrogens with one attached hydrogen (secondary N) is 6. The quantitative estimate of drug-likeness (QED) is 0.0492. The van der Waals surface area contributed by atoms with Crippen molar-refractivity contribution in [2.24, 2.45) is 17.8 Å². The number of aliphatic carboxylic acids is 4. The van der Waals surface area contributed by atoms with Gasteiger partial charge in [0.25, 0.3) is 0 Å². The van der Waals surface area contributed by atoms with Crippen LogP contribution in [-0.2, 0) is 47.9 Å². The third kappa shape index (κ3) is 19.5. The number of hydrogen-bond acceptors (Lipinski definition) is 11. The van der Waals surface area contributed by atoms with Gasteiger partial charge in [-0.2, -0.15) is 12.6 Å². The van der Waals surface area contributed by atoms with Gasteiger partial charge in [0.05, 0.1) is 12.8 Å². The Morgan fingerprint density at radius 3 is 1.62 bits per heavy atom. The first-order chi connectivity index (χ1) is 27.2. The summed E-state index contributed by atoms with van der Waals surface area (Å²) in [6.45, 7) is 6.93. The normalized spacial score (nSPS) is 16.5. The van der Waals surface area contributed by atoms with Crippen LogP contribution in [0.3, 0.4) is 0 Å². The largest absolute Gasteiger partial charge is 0.481 e. The molecule has 1 saturated carbocycles. The molecule has 0 unspecified atom stereocenters. The van der Waals surface area contributed by atoms with Crippen molar-refractivity contribution < 1.29 is 68.4 Å². The second-order valence-corrected chi connectivity index (χ2v) is 15.4. The molecule has 0 heterocycles. The second kappa shape index (κ2) is 26.1. The molecule has 0 aromatic heterocycles. The minimum atomic E-state index is -1.78. The molecule has 0 saturated heterocycles. The van der Waals surface area contributed by atoms with E-state index in [0.29, 0.717) is 6.42 Å². The number of rotatable bonds is 27. The van der Waals surface area contributed by atoms with E-state index in [-0.39, 0.29) is 30.4 Å². The van der Waals surface area contributed by atoms with Gasteiger partial charge in [-0.05, 0) is 37.0 Å². The Hall–Kier alpha value is -4.95. The number of hydrogen-bond donors (Lipinski definition) is 11. The average Bonchev–Trinajstić information content (AvgIpc) is 3.14. The molecule has 21 heteroatoms. The van der Waals surface area contributed by atoms with E-state index >= 15 is 0 Å². The zero-order valence-electron chi connectivity index (χ0n) is 33.4. The molecule has 1 fully saturated rings. The Morgan fingerprint density at radius 2 is 1.10 bits per heavy atom. The van der Waals surface area contributed by atoms with Crippen LogP contribution < -0.4 is 31.9 Å². The van der Waals surface area contributed by atoms with Gasteiger partial charge in [-0.25, -0.2) is 4.79 Å². The predicted octanol–water partition coefficient (Wildman–Crippen LogP) is 0.177. The van der Waals surface area contributed by atoms with Crippen LogP contribution in [0.1, 0.15) is 111 Å². The van der Waals surface area contributed by atoms with Crippen molar-refractivity contribution in [1.29, 1.82) is 0 Å². The molecule has 0 aliphatic heterocycles. The topological polar surface area (TPSA) is 324 Å². The first kappa shape index (κ1) is 51.1. The highest BCUT2D eigenvalue weighted by Crippen LogP contribution is 2.27. The highest BCUT2D eigenvalue weighted by molar-refractivity contribution is 7.80. The van der Waals surface area contributed by atoms with Crippen LogP contribution >= 0.6 is 12.6 Å². The molecule has 328 valence electrons. The van der Waals surface area contributed by atoms with Gasteiger partial charge >= 0.3 is 23.9 Å². The van der Waals surface area contributed by atoms with Gasteiger partial charge in [0.2, 0.25) is 35.4 Å². The van der Waals surface area contributed by atoms with Crippen LogP contribution in [0.4, 0.5) is 0 Å². The monoisotopic (exact) mass is 844 g/mol. The number of carboxylic acids is 4. The Kier molecular flexibility index (Phi) is 23.0. The lowest BCUT2D eigenvalue weighted by Crippen LogP contribution is -2.61. The maximum absolute atomic E-state index is 13.9. The van der Waals surface area contributed by atoms with Gasteiger partial charge < -0.3 is 52.3 Å².